The third kappa shape index (κ3) is 5.11. The van der Waals surface area contributed by atoms with Gasteiger partial charge in [-0.15, -0.1) is 0 Å². The number of hydrogen-bond acceptors (Lipinski definition) is 3. The Balaban J connectivity index is 2.34. The van der Waals surface area contributed by atoms with Gasteiger partial charge in [0.2, 0.25) is 5.91 Å². The maximum atomic E-state index is 12.2. The zero-order valence-corrected chi connectivity index (χ0v) is 12.9. The lowest BCUT2D eigenvalue weighted by atomic mass is 10.2. The number of nitrogens with zero attached hydrogens (tertiary/aromatic N) is 1. The molecule has 1 N–H and O–H groups in total. The highest BCUT2D eigenvalue weighted by Gasteiger charge is 2.36. The van der Waals surface area contributed by atoms with E-state index in [4.69, 9.17) is 4.74 Å². The third-order valence-electron chi connectivity index (χ3n) is 3.46. The quantitative estimate of drug-likeness (QED) is 0.654. The first kappa shape index (κ1) is 16.4. The van der Waals surface area contributed by atoms with Gasteiger partial charge in [-0.1, -0.05) is 34.1 Å². The molecular weight excluding hydrogens is 240 g/mol. The molecule has 4 heteroatoms. The van der Waals surface area contributed by atoms with Gasteiger partial charge in [0.25, 0.3) is 0 Å². The van der Waals surface area contributed by atoms with Crippen LogP contribution in [0.5, 0.6) is 0 Å². The third-order valence-corrected chi connectivity index (χ3v) is 3.46. The summed E-state index contributed by atoms with van der Waals surface area (Å²) in [5.74, 6) is 0.845. The minimum atomic E-state index is 0.0214. The minimum Gasteiger partial charge on any atom is -0.381 e. The predicted octanol–water partition coefficient (Wildman–Crippen LogP) is 2.39. The minimum absolute atomic E-state index is 0.0214. The van der Waals surface area contributed by atoms with Crippen LogP contribution in [0, 0.1) is 5.92 Å². The summed E-state index contributed by atoms with van der Waals surface area (Å²) >= 11 is 0. The first-order chi connectivity index (χ1) is 9.10. The molecule has 0 saturated carbocycles. The Morgan fingerprint density at radius 3 is 2.68 bits per heavy atom. The molecule has 0 aliphatic carbocycles. The topological polar surface area (TPSA) is 41.6 Å². The highest BCUT2D eigenvalue weighted by atomic mass is 16.5. The van der Waals surface area contributed by atoms with Crippen molar-refractivity contribution < 1.29 is 9.53 Å². The van der Waals surface area contributed by atoms with Crippen LogP contribution in [0.25, 0.3) is 0 Å². The van der Waals surface area contributed by atoms with Crippen LogP contribution < -0.4 is 5.32 Å². The molecule has 1 amide bonds. The van der Waals surface area contributed by atoms with Crippen molar-refractivity contribution in [1.82, 2.24) is 10.2 Å². The lowest BCUT2D eigenvalue weighted by Gasteiger charge is -2.23. The molecule has 0 spiro atoms. The van der Waals surface area contributed by atoms with Crippen molar-refractivity contribution in [3.63, 3.8) is 0 Å². The average Bonchev–Trinajstić information content (AvgIpc) is 2.66. The van der Waals surface area contributed by atoms with Crippen LogP contribution in [0.15, 0.2) is 0 Å². The molecule has 19 heavy (non-hydrogen) atoms. The van der Waals surface area contributed by atoms with Crippen LogP contribution in [0.3, 0.4) is 0 Å². The van der Waals surface area contributed by atoms with Crippen LogP contribution in [-0.2, 0) is 9.53 Å². The molecule has 0 aromatic rings. The van der Waals surface area contributed by atoms with Gasteiger partial charge in [-0.2, -0.15) is 0 Å². The normalized spacial score (nSPS) is 23.6. The van der Waals surface area contributed by atoms with Crippen molar-refractivity contribution in [2.24, 2.45) is 5.92 Å². The lowest BCUT2D eigenvalue weighted by molar-refractivity contribution is -0.130. The van der Waals surface area contributed by atoms with E-state index in [0.717, 1.165) is 45.4 Å². The zero-order chi connectivity index (χ0) is 14.3. The van der Waals surface area contributed by atoms with E-state index >= 15 is 0 Å². The summed E-state index contributed by atoms with van der Waals surface area (Å²) in [7, 11) is 0. The molecule has 1 fully saturated rings. The molecule has 2 atom stereocenters. The number of carbonyl (C=O) groups excluding carboxylic acids is 1. The predicted molar refractivity (Wildman–Crippen MR) is 77.9 cm³/mol. The number of ether oxygens (including phenoxy) is 1. The van der Waals surface area contributed by atoms with E-state index in [2.05, 4.69) is 33.0 Å². The summed E-state index contributed by atoms with van der Waals surface area (Å²) in [6.45, 7) is 10.9. The molecule has 1 heterocycles. The first-order valence-corrected chi connectivity index (χ1v) is 7.74. The van der Waals surface area contributed by atoms with Crippen LogP contribution in [0.4, 0.5) is 0 Å². The van der Waals surface area contributed by atoms with Gasteiger partial charge in [0.15, 0.2) is 0 Å². The van der Waals surface area contributed by atoms with Crippen molar-refractivity contribution in [2.45, 2.75) is 65.6 Å². The Morgan fingerprint density at radius 2 is 2.11 bits per heavy atom. The summed E-state index contributed by atoms with van der Waals surface area (Å²) < 4.78 is 5.58. The smallest absolute Gasteiger partial charge is 0.241 e. The van der Waals surface area contributed by atoms with Crippen LogP contribution in [-0.4, -0.2) is 42.8 Å². The van der Waals surface area contributed by atoms with E-state index in [-0.39, 0.29) is 18.1 Å². The summed E-state index contributed by atoms with van der Waals surface area (Å²) in [4.78, 5) is 14.2. The monoisotopic (exact) mass is 270 g/mol. The van der Waals surface area contributed by atoms with E-state index in [1.165, 1.54) is 0 Å². The van der Waals surface area contributed by atoms with Gasteiger partial charge in [-0.3, -0.25) is 10.1 Å². The molecule has 0 radical (unpaired) electrons. The summed E-state index contributed by atoms with van der Waals surface area (Å²) in [5, 5.41) is 3.44. The fourth-order valence-electron chi connectivity index (χ4n) is 2.47. The van der Waals surface area contributed by atoms with Crippen LogP contribution in [0.2, 0.25) is 0 Å². The molecule has 1 aliphatic rings. The van der Waals surface area contributed by atoms with Crippen molar-refractivity contribution in [2.75, 3.05) is 19.8 Å². The Morgan fingerprint density at radius 1 is 1.37 bits per heavy atom. The lowest BCUT2D eigenvalue weighted by Crippen LogP contribution is -2.38. The SMILES string of the molecule is CCCC1NC(CC)C(=O)N1CCCOCC(C)C. The van der Waals surface area contributed by atoms with Gasteiger partial charge in [0.05, 0.1) is 12.2 Å². The van der Waals surface area contributed by atoms with E-state index in [1.807, 2.05) is 4.90 Å². The molecule has 0 aromatic carbocycles. The van der Waals surface area contributed by atoms with Crippen LogP contribution >= 0.6 is 0 Å². The molecule has 0 aromatic heterocycles. The van der Waals surface area contributed by atoms with Crippen molar-refractivity contribution in [3.05, 3.63) is 0 Å². The Bertz CT molecular complexity index is 269. The average molecular weight is 270 g/mol. The number of rotatable bonds is 9. The number of amides is 1. The standard InChI is InChI=1S/C15H30N2O2/c1-5-8-14-16-13(6-2)15(18)17(14)9-7-10-19-11-12(3)4/h12-14,16H,5-11H2,1-4H3. The van der Waals surface area contributed by atoms with Gasteiger partial charge in [0, 0.05) is 19.8 Å². The summed E-state index contributed by atoms with van der Waals surface area (Å²) in [6.07, 6.45) is 4.17. The second-order valence-corrected chi connectivity index (χ2v) is 5.79. The maximum absolute atomic E-state index is 12.2. The Hall–Kier alpha value is -0.610. The van der Waals surface area contributed by atoms with E-state index in [9.17, 15) is 4.79 Å². The van der Waals surface area contributed by atoms with Gasteiger partial charge >= 0.3 is 0 Å². The molecule has 0 bridgehead atoms. The number of carbonyl (C=O) groups is 1. The van der Waals surface area contributed by atoms with Gasteiger partial charge in [0.1, 0.15) is 0 Å². The molecule has 1 rings (SSSR count). The second-order valence-electron chi connectivity index (χ2n) is 5.79. The first-order valence-electron chi connectivity index (χ1n) is 7.74. The Kier molecular flexibility index (Phi) is 7.39. The fraction of sp³-hybridized carbons (Fsp3) is 0.933. The molecule has 1 saturated heterocycles. The number of nitrogens with one attached hydrogen (secondary N) is 1. The van der Waals surface area contributed by atoms with E-state index < -0.39 is 0 Å². The van der Waals surface area contributed by atoms with Crippen molar-refractivity contribution in [3.8, 4) is 0 Å². The largest absolute Gasteiger partial charge is 0.381 e. The van der Waals surface area contributed by atoms with Crippen molar-refractivity contribution in [1.29, 1.82) is 0 Å². The molecule has 2 unspecified atom stereocenters. The zero-order valence-electron chi connectivity index (χ0n) is 12.9. The highest BCUT2D eigenvalue weighted by Crippen LogP contribution is 2.17. The fourth-order valence-corrected chi connectivity index (χ4v) is 2.47. The molecule has 112 valence electrons. The molecule has 1 aliphatic heterocycles. The maximum Gasteiger partial charge on any atom is 0.241 e. The summed E-state index contributed by atoms with van der Waals surface area (Å²) in [5.41, 5.74) is 0. The summed E-state index contributed by atoms with van der Waals surface area (Å²) in [6, 6.07) is 0.0214. The van der Waals surface area contributed by atoms with Gasteiger partial charge in [-0.25, -0.2) is 0 Å². The molecular formula is C15H30N2O2. The second kappa shape index (κ2) is 8.54. The number of hydrogen-bond donors (Lipinski definition) is 1. The van der Waals surface area contributed by atoms with Crippen molar-refractivity contribution >= 4 is 5.91 Å². The molecule has 4 nitrogen and oxygen atoms in total. The van der Waals surface area contributed by atoms with Gasteiger partial charge < -0.3 is 9.64 Å². The van der Waals surface area contributed by atoms with Crippen LogP contribution in [0.1, 0.15) is 53.4 Å². The van der Waals surface area contributed by atoms with Gasteiger partial charge in [-0.05, 0) is 25.2 Å². The Labute approximate surface area is 117 Å². The highest BCUT2D eigenvalue weighted by molar-refractivity contribution is 5.84. The van der Waals surface area contributed by atoms with E-state index in [1.54, 1.807) is 0 Å². The van der Waals surface area contributed by atoms with E-state index in [0.29, 0.717) is 5.92 Å².